The normalized spacial score (nSPS) is 16.9. The number of hydrogen-bond donors (Lipinski definition) is 1. The number of nitro benzene ring substituents is 1. The minimum atomic E-state index is -0.876. The number of halogens is 2. The van der Waals surface area contributed by atoms with E-state index >= 15 is 0 Å². The molecule has 5 nitrogen and oxygen atoms in total. The standard InChI is InChI=1S/C13H14BrFN2O3/c14-8-13(5-1-2-6-13)16-12(18)10-4-3-9(17(19)20)7-11(10)15/h3-4,7H,1-2,5-6,8H2,(H,16,18). The first kappa shape index (κ1) is 14.9. The predicted octanol–water partition coefficient (Wildman–Crippen LogP) is 3.17. The van der Waals surface area contributed by atoms with E-state index in [-0.39, 0.29) is 16.8 Å². The summed E-state index contributed by atoms with van der Waals surface area (Å²) in [6, 6.07) is 3.05. The third kappa shape index (κ3) is 2.98. The van der Waals surface area contributed by atoms with Crippen molar-refractivity contribution in [2.24, 2.45) is 0 Å². The summed E-state index contributed by atoms with van der Waals surface area (Å²) in [5.74, 6) is -1.40. The molecule has 1 N–H and O–H groups in total. The van der Waals surface area contributed by atoms with Crippen molar-refractivity contribution in [1.29, 1.82) is 0 Å². The van der Waals surface area contributed by atoms with Crippen molar-refractivity contribution in [2.45, 2.75) is 31.2 Å². The van der Waals surface area contributed by atoms with Gasteiger partial charge in [-0.05, 0) is 18.9 Å². The lowest BCUT2D eigenvalue weighted by atomic mass is 10.00. The number of carbonyl (C=O) groups excluding carboxylic acids is 1. The Kier molecular flexibility index (Phi) is 4.37. The van der Waals surface area contributed by atoms with Crippen LogP contribution in [0.15, 0.2) is 18.2 Å². The maximum atomic E-state index is 13.8. The molecule has 1 saturated carbocycles. The summed E-state index contributed by atoms with van der Waals surface area (Å²) >= 11 is 3.39. The van der Waals surface area contributed by atoms with Crippen molar-refractivity contribution >= 4 is 27.5 Å². The number of rotatable bonds is 4. The summed E-state index contributed by atoms with van der Waals surface area (Å²) in [7, 11) is 0. The molecular formula is C13H14BrFN2O3. The fourth-order valence-electron chi connectivity index (χ4n) is 2.45. The summed E-state index contributed by atoms with van der Waals surface area (Å²) in [6.07, 6.45) is 3.74. The van der Waals surface area contributed by atoms with Crippen LogP contribution in [0, 0.1) is 15.9 Å². The van der Waals surface area contributed by atoms with E-state index in [1.807, 2.05) is 0 Å². The molecule has 0 bridgehead atoms. The summed E-state index contributed by atoms with van der Waals surface area (Å²) < 4.78 is 13.8. The number of nitrogens with one attached hydrogen (secondary N) is 1. The van der Waals surface area contributed by atoms with E-state index in [2.05, 4.69) is 21.2 Å². The van der Waals surface area contributed by atoms with Gasteiger partial charge in [0.05, 0.1) is 22.1 Å². The van der Waals surface area contributed by atoms with Crippen LogP contribution in [-0.2, 0) is 0 Å². The molecule has 0 spiro atoms. The topological polar surface area (TPSA) is 72.2 Å². The minimum Gasteiger partial charge on any atom is -0.346 e. The highest BCUT2D eigenvalue weighted by molar-refractivity contribution is 9.09. The average molecular weight is 345 g/mol. The van der Waals surface area contributed by atoms with Crippen LogP contribution in [0.5, 0.6) is 0 Å². The van der Waals surface area contributed by atoms with Gasteiger partial charge in [-0.3, -0.25) is 14.9 Å². The van der Waals surface area contributed by atoms with Gasteiger partial charge in [0.1, 0.15) is 5.82 Å². The molecule has 1 aliphatic rings. The van der Waals surface area contributed by atoms with Crippen LogP contribution in [0.1, 0.15) is 36.0 Å². The van der Waals surface area contributed by atoms with E-state index in [0.29, 0.717) is 5.33 Å². The number of carbonyl (C=O) groups is 1. The molecule has 1 aliphatic carbocycles. The molecule has 0 aromatic heterocycles. The molecular weight excluding hydrogens is 331 g/mol. The second kappa shape index (κ2) is 5.87. The molecule has 1 amide bonds. The van der Waals surface area contributed by atoms with E-state index in [0.717, 1.165) is 43.9 Å². The van der Waals surface area contributed by atoms with Gasteiger partial charge in [0.2, 0.25) is 0 Å². The van der Waals surface area contributed by atoms with Gasteiger partial charge in [-0.15, -0.1) is 0 Å². The second-order valence-corrected chi connectivity index (χ2v) is 5.56. The van der Waals surface area contributed by atoms with E-state index in [1.54, 1.807) is 0 Å². The zero-order valence-corrected chi connectivity index (χ0v) is 12.3. The van der Waals surface area contributed by atoms with Crippen molar-refractivity contribution in [1.82, 2.24) is 5.32 Å². The van der Waals surface area contributed by atoms with Crippen molar-refractivity contribution in [2.75, 3.05) is 5.33 Å². The maximum Gasteiger partial charge on any atom is 0.272 e. The van der Waals surface area contributed by atoms with E-state index in [9.17, 15) is 19.3 Å². The third-order valence-corrected chi connectivity index (χ3v) is 4.68. The summed E-state index contributed by atoms with van der Waals surface area (Å²) in [5.41, 5.74) is -0.872. The molecule has 1 aromatic rings. The Labute approximate surface area is 123 Å². The zero-order chi connectivity index (χ0) is 14.8. The van der Waals surface area contributed by atoms with Crippen LogP contribution >= 0.6 is 15.9 Å². The molecule has 0 atom stereocenters. The highest BCUT2D eigenvalue weighted by Crippen LogP contribution is 2.31. The highest BCUT2D eigenvalue weighted by Gasteiger charge is 2.35. The number of hydrogen-bond acceptors (Lipinski definition) is 3. The first-order valence-corrected chi connectivity index (χ1v) is 7.42. The number of nitro groups is 1. The molecule has 1 aromatic carbocycles. The Morgan fingerprint density at radius 3 is 2.60 bits per heavy atom. The maximum absolute atomic E-state index is 13.8. The van der Waals surface area contributed by atoms with Gasteiger partial charge in [0, 0.05) is 11.4 Å². The molecule has 0 radical (unpaired) electrons. The number of amides is 1. The van der Waals surface area contributed by atoms with E-state index in [4.69, 9.17) is 0 Å². The Hall–Kier alpha value is -1.50. The molecule has 0 saturated heterocycles. The van der Waals surface area contributed by atoms with Gasteiger partial charge in [0.25, 0.3) is 11.6 Å². The van der Waals surface area contributed by atoms with Crippen molar-refractivity contribution in [3.63, 3.8) is 0 Å². The van der Waals surface area contributed by atoms with Gasteiger partial charge in [-0.1, -0.05) is 28.8 Å². The molecule has 0 heterocycles. The van der Waals surface area contributed by atoms with Crippen molar-refractivity contribution in [3.05, 3.63) is 39.7 Å². The average Bonchev–Trinajstić information content (AvgIpc) is 2.87. The molecule has 1 fully saturated rings. The smallest absolute Gasteiger partial charge is 0.272 e. The monoisotopic (exact) mass is 344 g/mol. The van der Waals surface area contributed by atoms with Crippen LogP contribution < -0.4 is 5.32 Å². The lowest BCUT2D eigenvalue weighted by Gasteiger charge is -2.28. The Morgan fingerprint density at radius 2 is 2.10 bits per heavy atom. The largest absolute Gasteiger partial charge is 0.346 e. The van der Waals surface area contributed by atoms with E-state index < -0.39 is 16.6 Å². The van der Waals surface area contributed by atoms with Gasteiger partial charge in [-0.2, -0.15) is 0 Å². The lowest BCUT2D eigenvalue weighted by Crippen LogP contribution is -2.48. The van der Waals surface area contributed by atoms with Crippen molar-refractivity contribution in [3.8, 4) is 0 Å². The first-order valence-electron chi connectivity index (χ1n) is 6.30. The number of non-ortho nitro benzene ring substituents is 1. The molecule has 2 rings (SSSR count). The van der Waals surface area contributed by atoms with Gasteiger partial charge in [-0.25, -0.2) is 4.39 Å². The lowest BCUT2D eigenvalue weighted by molar-refractivity contribution is -0.385. The predicted molar refractivity (Wildman–Crippen MR) is 75.5 cm³/mol. The van der Waals surface area contributed by atoms with Gasteiger partial charge < -0.3 is 5.32 Å². The SMILES string of the molecule is O=C(NC1(CBr)CCCC1)c1ccc([N+](=O)[O-])cc1F. The Morgan fingerprint density at radius 1 is 1.45 bits per heavy atom. The number of nitrogens with zero attached hydrogens (tertiary/aromatic N) is 1. The van der Waals surface area contributed by atoms with Crippen molar-refractivity contribution < 1.29 is 14.1 Å². The summed E-state index contributed by atoms with van der Waals surface area (Å²) in [6.45, 7) is 0. The minimum absolute atomic E-state index is 0.164. The molecule has 7 heteroatoms. The van der Waals surface area contributed by atoms with Crippen LogP contribution in [0.4, 0.5) is 10.1 Å². The molecule has 20 heavy (non-hydrogen) atoms. The molecule has 108 valence electrons. The summed E-state index contributed by atoms with van der Waals surface area (Å²) in [5, 5.41) is 14.0. The highest BCUT2D eigenvalue weighted by atomic mass is 79.9. The number of alkyl halides is 1. The first-order chi connectivity index (χ1) is 9.47. The van der Waals surface area contributed by atoms with Gasteiger partial charge >= 0.3 is 0 Å². The van der Waals surface area contributed by atoms with Crippen LogP contribution in [0.25, 0.3) is 0 Å². The quantitative estimate of drug-likeness (QED) is 0.518. The third-order valence-electron chi connectivity index (χ3n) is 3.60. The van der Waals surface area contributed by atoms with Crippen LogP contribution in [0.3, 0.4) is 0 Å². The Balaban J connectivity index is 2.19. The zero-order valence-electron chi connectivity index (χ0n) is 10.7. The summed E-state index contributed by atoms with van der Waals surface area (Å²) in [4.78, 5) is 22.0. The van der Waals surface area contributed by atoms with Crippen LogP contribution in [0.2, 0.25) is 0 Å². The van der Waals surface area contributed by atoms with E-state index in [1.165, 1.54) is 0 Å². The fourth-order valence-corrected chi connectivity index (χ4v) is 3.15. The molecule has 0 unspecified atom stereocenters. The second-order valence-electron chi connectivity index (χ2n) is 5.00. The Bertz CT molecular complexity index is 544. The van der Waals surface area contributed by atoms with Gasteiger partial charge in [0.15, 0.2) is 0 Å². The molecule has 0 aliphatic heterocycles. The fraction of sp³-hybridized carbons (Fsp3) is 0.462. The van der Waals surface area contributed by atoms with Crippen LogP contribution in [-0.4, -0.2) is 21.7 Å². The number of benzene rings is 1.